The average Bonchev–Trinajstić information content (AvgIpc) is 2.54. The number of halogens is 1. The maximum Gasteiger partial charge on any atom is 0.414 e. The van der Waals surface area contributed by atoms with Crippen LogP contribution in [0.15, 0.2) is 18.2 Å². The van der Waals surface area contributed by atoms with E-state index in [1.165, 1.54) is 4.90 Å². The van der Waals surface area contributed by atoms with E-state index in [4.69, 9.17) is 9.47 Å². The molecular formula is C21H37ClN2O3. The molecule has 0 unspecified atom stereocenters. The largest absolute Gasteiger partial charge is 0.492 e. The minimum Gasteiger partial charge on any atom is -0.492 e. The summed E-state index contributed by atoms with van der Waals surface area (Å²) in [6.07, 6.45) is 1.89. The molecule has 0 heterocycles. The Morgan fingerprint density at radius 2 is 1.63 bits per heavy atom. The number of carbonyl (C=O) groups is 1. The highest BCUT2D eigenvalue weighted by molar-refractivity contribution is 5.85. The lowest BCUT2D eigenvalue weighted by Crippen LogP contribution is -2.30. The van der Waals surface area contributed by atoms with Crippen LogP contribution in [0.25, 0.3) is 0 Å². The van der Waals surface area contributed by atoms with E-state index in [1.54, 1.807) is 14.1 Å². The van der Waals surface area contributed by atoms with Crippen molar-refractivity contribution in [2.45, 2.75) is 52.9 Å². The summed E-state index contributed by atoms with van der Waals surface area (Å²) in [5.41, 5.74) is 1.06. The Labute approximate surface area is 171 Å². The molecule has 27 heavy (non-hydrogen) atoms. The van der Waals surface area contributed by atoms with Crippen LogP contribution in [0.1, 0.15) is 53.0 Å². The van der Waals surface area contributed by atoms with E-state index >= 15 is 0 Å². The third kappa shape index (κ3) is 8.85. The number of ether oxygens (including phenoxy) is 2. The van der Waals surface area contributed by atoms with Crippen molar-refractivity contribution in [2.75, 3.05) is 40.3 Å². The van der Waals surface area contributed by atoms with E-state index in [2.05, 4.69) is 39.5 Å². The van der Waals surface area contributed by atoms with Crippen molar-refractivity contribution in [1.29, 1.82) is 0 Å². The summed E-state index contributed by atoms with van der Waals surface area (Å²) in [5.74, 6) is 1.29. The Bertz CT molecular complexity index is 565. The maximum absolute atomic E-state index is 11.8. The highest BCUT2D eigenvalue weighted by Gasteiger charge is 2.20. The van der Waals surface area contributed by atoms with Gasteiger partial charge in [0.2, 0.25) is 0 Å². The van der Waals surface area contributed by atoms with Crippen LogP contribution < -0.4 is 9.47 Å². The Balaban J connectivity index is 0.00000676. The lowest BCUT2D eigenvalue weighted by Gasteiger charge is -2.25. The fourth-order valence-electron chi connectivity index (χ4n) is 2.75. The summed E-state index contributed by atoms with van der Waals surface area (Å²) in [5, 5.41) is 0. The fraction of sp³-hybridized carbons (Fsp3) is 0.667. The molecule has 0 aromatic heterocycles. The predicted molar refractivity (Wildman–Crippen MR) is 115 cm³/mol. The summed E-state index contributed by atoms with van der Waals surface area (Å²) >= 11 is 0. The fourth-order valence-corrected chi connectivity index (χ4v) is 2.75. The smallest absolute Gasteiger partial charge is 0.414 e. The molecule has 1 rings (SSSR count). The van der Waals surface area contributed by atoms with E-state index in [0.29, 0.717) is 12.4 Å². The number of amides is 1. The van der Waals surface area contributed by atoms with Gasteiger partial charge in [0.25, 0.3) is 0 Å². The molecule has 0 aliphatic rings. The number of rotatable bonds is 9. The van der Waals surface area contributed by atoms with Gasteiger partial charge in [0.05, 0.1) is 0 Å². The third-order valence-corrected chi connectivity index (χ3v) is 4.08. The molecule has 0 aliphatic carbocycles. The van der Waals surface area contributed by atoms with Gasteiger partial charge in [0.1, 0.15) is 18.1 Å². The van der Waals surface area contributed by atoms with E-state index < -0.39 is 6.09 Å². The number of nitrogens with zero attached hydrogens (tertiary/aromatic N) is 2. The molecule has 1 aromatic carbocycles. The number of hydrogen-bond donors (Lipinski definition) is 0. The summed E-state index contributed by atoms with van der Waals surface area (Å²) in [6, 6.07) is 5.64. The molecule has 1 amide bonds. The Hall–Kier alpha value is -1.46. The molecule has 6 heteroatoms. The second kappa shape index (κ2) is 12.1. The van der Waals surface area contributed by atoms with Crippen molar-refractivity contribution in [3.8, 4) is 11.5 Å². The van der Waals surface area contributed by atoms with Crippen LogP contribution in [0.3, 0.4) is 0 Å². The number of hydrogen-bond acceptors (Lipinski definition) is 4. The number of benzene rings is 1. The Morgan fingerprint density at radius 1 is 1.04 bits per heavy atom. The Kier molecular flexibility index (Phi) is 11.4. The van der Waals surface area contributed by atoms with Crippen molar-refractivity contribution in [1.82, 2.24) is 9.80 Å². The van der Waals surface area contributed by atoms with Gasteiger partial charge < -0.3 is 14.4 Å². The van der Waals surface area contributed by atoms with E-state index in [9.17, 15) is 4.79 Å². The summed E-state index contributed by atoms with van der Waals surface area (Å²) in [4.78, 5) is 15.6. The highest BCUT2D eigenvalue weighted by atomic mass is 35.5. The van der Waals surface area contributed by atoms with Crippen LogP contribution in [-0.2, 0) is 5.41 Å². The molecule has 0 atom stereocenters. The molecule has 0 spiro atoms. The molecule has 0 saturated carbocycles. The zero-order valence-electron chi connectivity index (χ0n) is 18.0. The summed E-state index contributed by atoms with van der Waals surface area (Å²) in [6.45, 7) is 14.5. The van der Waals surface area contributed by atoms with Gasteiger partial charge in [0, 0.05) is 26.7 Å². The second-order valence-electron chi connectivity index (χ2n) is 7.86. The molecular weight excluding hydrogens is 364 g/mol. The van der Waals surface area contributed by atoms with E-state index in [0.717, 1.165) is 43.8 Å². The van der Waals surface area contributed by atoms with Gasteiger partial charge in [-0.2, -0.15) is 0 Å². The molecule has 156 valence electrons. The van der Waals surface area contributed by atoms with Crippen molar-refractivity contribution in [3.05, 3.63) is 23.8 Å². The lowest BCUT2D eigenvalue weighted by atomic mass is 9.86. The van der Waals surface area contributed by atoms with Crippen molar-refractivity contribution < 1.29 is 14.3 Å². The van der Waals surface area contributed by atoms with Crippen LogP contribution in [0.2, 0.25) is 0 Å². The van der Waals surface area contributed by atoms with Crippen LogP contribution >= 0.6 is 12.4 Å². The van der Waals surface area contributed by atoms with Crippen LogP contribution in [0.5, 0.6) is 11.5 Å². The average molecular weight is 401 g/mol. The van der Waals surface area contributed by atoms with Crippen LogP contribution in [-0.4, -0.2) is 56.2 Å². The van der Waals surface area contributed by atoms with Gasteiger partial charge in [-0.25, -0.2) is 4.79 Å². The first kappa shape index (κ1) is 25.5. The second-order valence-corrected chi connectivity index (χ2v) is 7.86. The van der Waals surface area contributed by atoms with Gasteiger partial charge in [-0.1, -0.05) is 40.7 Å². The Morgan fingerprint density at radius 3 is 2.11 bits per heavy atom. The van der Waals surface area contributed by atoms with Crippen molar-refractivity contribution in [2.24, 2.45) is 0 Å². The topological polar surface area (TPSA) is 42.0 Å². The highest BCUT2D eigenvalue weighted by Crippen LogP contribution is 2.34. The normalized spacial score (nSPS) is 11.1. The monoisotopic (exact) mass is 400 g/mol. The SMILES string of the molecule is CCCN(CCC)CCOc1cc(OC(=O)N(C)C)ccc1C(C)(C)C.Cl. The quantitative estimate of drug-likeness (QED) is 0.587. The lowest BCUT2D eigenvalue weighted by molar-refractivity contribution is 0.171. The molecule has 1 aromatic rings. The van der Waals surface area contributed by atoms with Gasteiger partial charge >= 0.3 is 6.09 Å². The standard InChI is InChI=1S/C21H36N2O3.ClH/c1-8-12-23(13-9-2)14-15-25-19-16-17(26-20(24)22(6)7)10-11-18(19)21(3,4)5;/h10-11,16H,8-9,12-15H2,1-7H3;1H. The van der Waals surface area contributed by atoms with Crippen molar-refractivity contribution >= 4 is 18.5 Å². The molecule has 0 bridgehead atoms. The van der Waals surface area contributed by atoms with Gasteiger partial charge in [-0.05, 0) is 43.0 Å². The summed E-state index contributed by atoms with van der Waals surface area (Å²) in [7, 11) is 3.33. The third-order valence-electron chi connectivity index (χ3n) is 4.08. The molecule has 0 fully saturated rings. The predicted octanol–water partition coefficient (Wildman–Crippen LogP) is 4.97. The van der Waals surface area contributed by atoms with E-state index in [-0.39, 0.29) is 17.8 Å². The molecule has 0 saturated heterocycles. The first-order valence-corrected chi connectivity index (χ1v) is 9.57. The van der Waals surface area contributed by atoms with Gasteiger partial charge in [-0.3, -0.25) is 4.90 Å². The van der Waals surface area contributed by atoms with Crippen molar-refractivity contribution in [3.63, 3.8) is 0 Å². The molecule has 0 radical (unpaired) electrons. The zero-order valence-corrected chi connectivity index (χ0v) is 18.8. The van der Waals surface area contributed by atoms with Crippen LogP contribution in [0, 0.1) is 0 Å². The summed E-state index contributed by atoms with van der Waals surface area (Å²) < 4.78 is 11.5. The van der Waals surface area contributed by atoms with E-state index in [1.807, 2.05) is 18.2 Å². The first-order valence-electron chi connectivity index (χ1n) is 9.57. The number of carbonyl (C=O) groups excluding carboxylic acids is 1. The van der Waals surface area contributed by atoms with Gasteiger partial charge in [-0.15, -0.1) is 12.4 Å². The van der Waals surface area contributed by atoms with Gasteiger partial charge in [0.15, 0.2) is 0 Å². The first-order chi connectivity index (χ1) is 12.2. The maximum atomic E-state index is 11.8. The molecule has 0 aliphatic heterocycles. The molecule has 0 N–H and O–H groups in total. The minimum atomic E-state index is -0.392. The minimum absolute atomic E-state index is 0. The zero-order chi connectivity index (χ0) is 19.7. The molecule has 5 nitrogen and oxygen atoms in total. The van der Waals surface area contributed by atoms with Crippen LogP contribution in [0.4, 0.5) is 4.79 Å².